The summed E-state index contributed by atoms with van der Waals surface area (Å²) in [7, 11) is -1.50. The molecule has 2 rings (SSSR count). The first-order valence-corrected chi connectivity index (χ1v) is 3.56. The van der Waals surface area contributed by atoms with Crippen LogP contribution in [0.15, 0.2) is 24.5 Å². The fraction of sp³-hybridized carbons (Fsp3) is 0. The molecule has 0 aliphatic heterocycles. The Morgan fingerprint density at radius 3 is 3.00 bits per heavy atom. The highest BCUT2D eigenvalue weighted by molar-refractivity contribution is 6.57. The summed E-state index contributed by atoms with van der Waals surface area (Å²) in [6.07, 6.45) is 3.35. The van der Waals surface area contributed by atoms with E-state index in [0.29, 0.717) is 0 Å². The third-order valence-electron chi connectivity index (χ3n) is 1.72. The van der Waals surface area contributed by atoms with E-state index < -0.39 is 7.12 Å². The number of nitrogens with one attached hydrogen (secondary N) is 1. The van der Waals surface area contributed by atoms with Crippen LogP contribution in [0.2, 0.25) is 0 Å². The van der Waals surface area contributed by atoms with Crippen molar-refractivity contribution in [3.63, 3.8) is 0 Å². The van der Waals surface area contributed by atoms with Gasteiger partial charge in [-0.15, -0.1) is 0 Å². The van der Waals surface area contributed by atoms with E-state index in [9.17, 15) is 0 Å². The minimum Gasteiger partial charge on any atom is -0.422 e. The van der Waals surface area contributed by atoms with Gasteiger partial charge in [-0.25, -0.2) is 0 Å². The first kappa shape index (κ1) is 7.33. The molecule has 0 amide bonds. The van der Waals surface area contributed by atoms with Crippen LogP contribution in [0, 0.1) is 0 Å². The van der Waals surface area contributed by atoms with Gasteiger partial charge in [0, 0.05) is 11.6 Å². The number of fused-ring (bicyclic) bond motifs is 1. The van der Waals surface area contributed by atoms with E-state index in [1.165, 1.54) is 0 Å². The third-order valence-corrected chi connectivity index (χ3v) is 1.72. The first-order valence-electron chi connectivity index (χ1n) is 3.56. The molecule has 60 valence electrons. The van der Waals surface area contributed by atoms with E-state index in [1.54, 1.807) is 18.5 Å². The Labute approximate surface area is 69.0 Å². The number of rotatable bonds is 1. The van der Waals surface area contributed by atoms with Gasteiger partial charge in [0.2, 0.25) is 0 Å². The van der Waals surface area contributed by atoms with Crippen LogP contribution < -0.4 is 5.59 Å². The Morgan fingerprint density at radius 2 is 2.25 bits per heavy atom. The van der Waals surface area contributed by atoms with Crippen molar-refractivity contribution in [1.29, 1.82) is 0 Å². The molecule has 2 aromatic rings. The van der Waals surface area contributed by atoms with Crippen molar-refractivity contribution in [2.45, 2.75) is 0 Å². The van der Waals surface area contributed by atoms with Gasteiger partial charge in [0.1, 0.15) is 0 Å². The van der Waals surface area contributed by atoms with Gasteiger partial charge in [-0.05, 0) is 12.1 Å². The molecule has 0 aliphatic carbocycles. The van der Waals surface area contributed by atoms with E-state index >= 15 is 0 Å². The fourth-order valence-electron chi connectivity index (χ4n) is 1.11. The quantitative estimate of drug-likeness (QED) is 0.483. The smallest absolute Gasteiger partial charge is 0.422 e. The molecule has 5 heteroatoms. The summed E-state index contributed by atoms with van der Waals surface area (Å²) in [6.45, 7) is 0. The lowest BCUT2D eigenvalue weighted by Gasteiger charge is -1.96. The second-order valence-corrected chi connectivity index (χ2v) is 2.55. The normalized spacial score (nSPS) is 10.5. The number of hydrogen-bond acceptors (Lipinski definition) is 3. The Bertz CT molecular complexity index is 399. The molecule has 2 heterocycles. The zero-order chi connectivity index (χ0) is 8.55. The molecule has 3 N–H and O–H groups in total. The lowest BCUT2D eigenvalue weighted by molar-refractivity contribution is 0.424. The van der Waals surface area contributed by atoms with Crippen molar-refractivity contribution >= 4 is 23.6 Å². The van der Waals surface area contributed by atoms with Gasteiger partial charge in [0.15, 0.2) is 0 Å². The maximum absolute atomic E-state index is 8.80. The Kier molecular flexibility index (Phi) is 1.60. The highest BCUT2D eigenvalue weighted by Gasteiger charge is 2.12. The summed E-state index contributed by atoms with van der Waals surface area (Å²) in [4.78, 5) is 6.81. The maximum Gasteiger partial charge on any atom is 0.508 e. The number of aromatic amines is 1. The zero-order valence-electron chi connectivity index (χ0n) is 6.23. The molecule has 0 radical (unpaired) electrons. The molecule has 0 bridgehead atoms. The van der Waals surface area contributed by atoms with Crippen LogP contribution in [0.1, 0.15) is 0 Å². The monoisotopic (exact) mass is 162 g/mol. The van der Waals surface area contributed by atoms with Crippen molar-refractivity contribution in [3.8, 4) is 0 Å². The maximum atomic E-state index is 8.80. The Balaban J connectivity index is 2.60. The van der Waals surface area contributed by atoms with Gasteiger partial charge in [-0.1, -0.05) is 0 Å². The summed E-state index contributed by atoms with van der Waals surface area (Å²) in [6, 6.07) is 3.49. The van der Waals surface area contributed by atoms with Gasteiger partial charge in [-0.2, -0.15) is 0 Å². The van der Waals surface area contributed by atoms with Crippen LogP contribution in [0.25, 0.3) is 10.9 Å². The lowest BCUT2D eigenvalue weighted by Crippen LogP contribution is -2.32. The fourth-order valence-corrected chi connectivity index (χ4v) is 1.11. The molecule has 4 nitrogen and oxygen atoms in total. The molecule has 0 unspecified atom stereocenters. The summed E-state index contributed by atoms with van der Waals surface area (Å²) in [5, 5.41) is 18.5. The van der Waals surface area contributed by atoms with Gasteiger partial charge in [0.05, 0.1) is 17.3 Å². The topological polar surface area (TPSA) is 69.1 Å². The predicted octanol–water partition coefficient (Wildman–Crippen LogP) is -0.757. The molecule has 0 saturated carbocycles. The SMILES string of the molecule is OB(O)c1cc2cc[nH]c2cn1. The molecular weight excluding hydrogens is 155 g/mol. The van der Waals surface area contributed by atoms with Crippen LogP contribution in [0.3, 0.4) is 0 Å². The average molecular weight is 162 g/mol. The molecule has 12 heavy (non-hydrogen) atoms. The van der Waals surface area contributed by atoms with Gasteiger partial charge in [-0.3, -0.25) is 4.98 Å². The van der Waals surface area contributed by atoms with Crippen LogP contribution in [0.5, 0.6) is 0 Å². The van der Waals surface area contributed by atoms with E-state index in [-0.39, 0.29) is 5.59 Å². The van der Waals surface area contributed by atoms with Crippen LogP contribution in [-0.4, -0.2) is 27.1 Å². The van der Waals surface area contributed by atoms with Crippen molar-refractivity contribution < 1.29 is 10.0 Å². The number of nitrogens with zero attached hydrogens (tertiary/aromatic N) is 1. The Hall–Kier alpha value is -1.33. The highest BCUT2D eigenvalue weighted by Crippen LogP contribution is 2.07. The molecule has 2 aromatic heterocycles. The van der Waals surface area contributed by atoms with Gasteiger partial charge in [0.25, 0.3) is 0 Å². The standard InChI is InChI=1S/C7H7BN2O2/c11-8(12)7-3-5-1-2-9-6(5)4-10-7/h1-4,9,11-12H. The number of aromatic nitrogens is 2. The minimum absolute atomic E-state index is 0.266. The summed E-state index contributed by atoms with van der Waals surface area (Å²) >= 11 is 0. The molecule has 0 aromatic carbocycles. The number of H-pyrrole nitrogens is 1. The molecule has 0 spiro atoms. The van der Waals surface area contributed by atoms with Gasteiger partial charge >= 0.3 is 7.12 Å². The molecule has 0 aliphatic rings. The van der Waals surface area contributed by atoms with E-state index in [1.807, 2.05) is 6.07 Å². The molecule has 0 saturated heterocycles. The van der Waals surface area contributed by atoms with Crippen molar-refractivity contribution in [3.05, 3.63) is 24.5 Å². The zero-order valence-corrected chi connectivity index (χ0v) is 6.23. The molecular formula is C7H7BN2O2. The number of hydrogen-bond donors (Lipinski definition) is 3. The second-order valence-electron chi connectivity index (χ2n) is 2.55. The van der Waals surface area contributed by atoms with E-state index in [4.69, 9.17) is 10.0 Å². The van der Waals surface area contributed by atoms with Crippen molar-refractivity contribution in [2.75, 3.05) is 0 Å². The molecule has 0 fully saturated rings. The van der Waals surface area contributed by atoms with E-state index in [0.717, 1.165) is 10.9 Å². The van der Waals surface area contributed by atoms with E-state index in [2.05, 4.69) is 9.97 Å². The third kappa shape index (κ3) is 1.09. The second kappa shape index (κ2) is 2.62. The van der Waals surface area contributed by atoms with Gasteiger partial charge < -0.3 is 15.0 Å². The van der Waals surface area contributed by atoms with Crippen LogP contribution in [-0.2, 0) is 0 Å². The lowest BCUT2D eigenvalue weighted by atomic mass is 9.85. The molecule has 0 atom stereocenters. The van der Waals surface area contributed by atoms with Crippen LogP contribution in [0.4, 0.5) is 0 Å². The van der Waals surface area contributed by atoms with Crippen molar-refractivity contribution in [1.82, 2.24) is 9.97 Å². The summed E-state index contributed by atoms with van der Waals surface area (Å²) in [5.41, 5.74) is 1.15. The minimum atomic E-state index is -1.50. The summed E-state index contributed by atoms with van der Waals surface area (Å²) in [5.74, 6) is 0. The van der Waals surface area contributed by atoms with Crippen LogP contribution >= 0.6 is 0 Å². The predicted molar refractivity (Wildman–Crippen MR) is 45.9 cm³/mol. The van der Waals surface area contributed by atoms with Crippen molar-refractivity contribution in [2.24, 2.45) is 0 Å². The average Bonchev–Trinajstić information content (AvgIpc) is 2.49. The Morgan fingerprint density at radius 1 is 1.42 bits per heavy atom. The largest absolute Gasteiger partial charge is 0.508 e. The summed E-state index contributed by atoms with van der Waals surface area (Å²) < 4.78 is 0. The first-order chi connectivity index (χ1) is 5.77. The number of pyridine rings is 1. The highest BCUT2D eigenvalue weighted by atomic mass is 16.4.